The first-order valence-corrected chi connectivity index (χ1v) is 5.89. The number of nitrogens with zero attached hydrogens (tertiary/aromatic N) is 1. The Morgan fingerprint density at radius 3 is 2.40 bits per heavy atom. The second-order valence-corrected chi connectivity index (χ2v) is 5.21. The number of carboxylic acids is 1. The van der Waals surface area contributed by atoms with Crippen LogP contribution in [0.1, 0.15) is 47.0 Å². The zero-order valence-corrected chi connectivity index (χ0v) is 10.3. The smallest absolute Gasteiger partial charge is 0.323 e. The van der Waals surface area contributed by atoms with Gasteiger partial charge < -0.3 is 5.11 Å². The molecule has 0 radical (unpaired) electrons. The van der Waals surface area contributed by atoms with Crippen molar-refractivity contribution in [3.63, 3.8) is 0 Å². The van der Waals surface area contributed by atoms with Gasteiger partial charge >= 0.3 is 5.97 Å². The third kappa shape index (κ3) is 2.33. The standard InChI is InChI=1S/C12H23NO2/c1-9(2)10(3)13-8-6-5-7-12(13,4)11(14)15/h9-10H,5-8H2,1-4H3,(H,14,15). The average Bonchev–Trinajstić information content (AvgIpc) is 2.17. The molecule has 1 rings (SSSR count). The molecule has 0 amide bonds. The van der Waals surface area contributed by atoms with Crippen molar-refractivity contribution in [2.24, 2.45) is 5.92 Å². The number of hydrogen-bond acceptors (Lipinski definition) is 2. The Morgan fingerprint density at radius 1 is 1.33 bits per heavy atom. The molecule has 88 valence electrons. The third-order valence-corrected chi connectivity index (χ3v) is 3.86. The second kappa shape index (κ2) is 4.52. The monoisotopic (exact) mass is 213 g/mol. The summed E-state index contributed by atoms with van der Waals surface area (Å²) in [6.07, 6.45) is 2.93. The van der Waals surface area contributed by atoms with E-state index in [1.54, 1.807) is 0 Å². The lowest BCUT2D eigenvalue weighted by Gasteiger charge is -2.46. The van der Waals surface area contributed by atoms with Crippen molar-refractivity contribution in [3.8, 4) is 0 Å². The Balaban J connectivity index is 2.87. The minimum Gasteiger partial charge on any atom is -0.480 e. The molecular formula is C12H23NO2. The number of piperidine rings is 1. The van der Waals surface area contributed by atoms with Crippen LogP contribution in [0.15, 0.2) is 0 Å². The molecule has 0 bridgehead atoms. The molecule has 0 saturated carbocycles. The van der Waals surface area contributed by atoms with Crippen molar-refractivity contribution in [1.82, 2.24) is 4.90 Å². The van der Waals surface area contributed by atoms with Crippen molar-refractivity contribution in [2.75, 3.05) is 6.54 Å². The molecule has 1 heterocycles. The molecule has 2 atom stereocenters. The molecule has 0 aliphatic carbocycles. The van der Waals surface area contributed by atoms with Crippen molar-refractivity contribution in [2.45, 2.75) is 58.5 Å². The lowest BCUT2D eigenvalue weighted by molar-refractivity contribution is -0.155. The highest BCUT2D eigenvalue weighted by Crippen LogP contribution is 2.31. The highest BCUT2D eigenvalue weighted by Gasteiger charge is 2.43. The van der Waals surface area contributed by atoms with E-state index in [0.717, 1.165) is 25.8 Å². The first kappa shape index (κ1) is 12.5. The lowest BCUT2D eigenvalue weighted by atomic mass is 9.85. The minimum atomic E-state index is -0.672. The Hall–Kier alpha value is -0.570. The average molecular weight is 213 g/mol. The maximum absolute atomic E-state index is 11.4. The topological polar surface area (TPSA) is 40.5 Å². The minimum absolute atomic E-state index is 0.339. The summed E-state index contributed by atoms with van der Waals surface area (Å²) in [6.45, 7) is 9.23. The van der Waals surface area contributed by atoms with Crippen LogP contribution < -0.4 is 0 Å². The number of likely N-dealkylation sites (tertiary alicyclic amines) is 1. The van der Waals surface area contributed by atoms with Crippen LogP contribution >= 0.6 is 0 Å². The molecule has 1 fully saturated rings. The third-order valence-electron chi connectivity index (χ3n) is 3.86. The molecule has 0 aromatic carbocycles. The predicted octanol–water partition coefficient (Wildman–Crippen LogP) is 2.36. The highest BCUT2D eigenvalue weighted by atomic mass is 16.4. The molecule has 3 heteroatoms. The zero-order chi connectivity index (χ0) is 11.6. The molecule has 1 aliphatic rings. The van der Waals surface area contributed by atoms with Crippen molar-refractivity contribution in [1.29, 1.82) is 0 Å². The fourth-order valence-corrected chi connectivity index (χ4v) is 2.38. The van der Waals surface area contributed by atoms with E-state index < -0.39 is 11.5 Å². The maximum atomic E-state index is 11.4. The number of rotatable bonds is 3. The summed E-state index contributed by atoms with van der Waals surface area (Å²) >= 11 is 0. The molecule has 3 nitrogen and oxygen atoms in total. The number of aliphatic carboxylic acids is 1. The summed E-state index contributed by atoms with van der Waals surface area (Å²) in [7, 11) is 0. The van der Waals surface area contributed by atoms with Gasteiger partial charge in [0.25, 0.3) is 0 Å². The van der Waals surface area contributed by atoms with Crippen molar-refractivity contribution < 1.29 is 9.90 Å². The van der Waals surface area contributed by atoms with Gasteiger partial charge in [-0.1, -0.05) is 13.8 Å². The van der Waals surface area contributed by atoms with E-state index in [9.17, 15) is 9.90 Å². The maximum Gasteiger partial charge on any atom is 0.323 e. The Labute approximate surface area is 92.5 Å². The SMILES string of the molecule is CC(C)C(C)N1CCCCC1(C)C(=O)O. The van der Waals surface area contributed by atoms with Gasteiger partial charge in [0.1, 0.15) is 5.54 Å². The fraction of sp³-hybridized carbons (Fsp3) is 0.917. The van der Waals surface area contributed by atoms with Crippen LogP contribution in [0.25, 0.3) is 0 Å². The number of carboxylic acid groups (broad SMARTS) is 1. The van der Waals surface area contributed by atoms with E-state index in [0.29, 0.717) is 12.0 Å². The molecule has 1 aliphatic heterocycles. The van der Waals surface area contributed by atoms with Gasteiger partial charge in [0.05, 0.1) is 0 Å². The van der Waals surface area contributed by atoms with Crippen LogP contribution in [0.4, 0.5) is 0 Å². The van der Waals surface area contributed by atoms with E-state index in [1.807, 2.05) is 6.92 Å². The van der Waals surface area contributed by atoms with Crippen LogP contribution in [0.5, 0.6) is 0 Å². The van der Waals surface area contributed by atoms with Gasteiger partial charge in [-0.2, -0.15) is 0 Å². The van der Waals surface area contributed by atoms with Gasteiger partial charge in [0, 0.05) is 6.04 Å². The van der Waals surface area contributed by atoms with Crippen LogP contribution in [0.2, 0.25) is 0 Å². The van der Waals surface area contributed by atoms with Gasteiger partial charge in [0.15, 0.2) is 0 Å². The largest absolute Gasteiger partial charge is 0.480 e. The van der Waals surface area contributed by atoms with Crippen LogP contribution in [-0.2, 0) is 4.79 Å². The molecule has 0 spiro atoms. The predicted molar refractivity (Wildman–Crippen MR) is 60.9 cm³/mol. The summed E-state index contributed by atoms with van der Waals surface area (Å²) in [5.74, 6) is -0.170. The Bertz CT molecular complexity index is 240. The molecule has 2 unspecified atom stereocenters. The summed E-state index contributed by atoms with van der Waals surface area (Å²) in [6, 6.07) is 0.339. The summed E-state index contributed by atoms with van der Waals surface area (Å²) in [5.41, 5.74) is -0.651. The molecule has 0 aromatic heterocycles. The Kier molecular flexibility index (Phi) is 3.77. The van der Waals surface area contributed by atoms with Crippen LogP contribution in [0, 0.1) is 5.92 Å². The van der Waals surface area contributed by atoms with Gasteiger partial charge in [0.2, 0.25) is 0 Å². The van der Waals surface area contributed by atoms with Crippen LogP contribution in [-0.4, -0.2) is 34.1 Å². The highest BCUT2D eigenvalue weighted by molar-refractivity contribution is 5.78. The van der Waals surface area contributed by atoms with E-state index in [1.165, 1.54) is 0 Å². The molecule has 1 saturated heterocycles. The fourth-order valence-electron chi connectivity index (χ4n) is 2.38. The summed E-state index contributed by atoms with van der Waals surface area (Å²) < 4.78 is 0. The van der Waals surface area contributed by atoms with Crippen LogP contribution in [0.3, 0.4) is 0 Å². The number of hydrogen-bond donors (Lipinski definition) is 1. The molecule has 1 N–H and O–H groups in total. The zero-order valence-electron chi connectivity index (χ0n) is 10.3. The van der Waals surface area contributed by atoms with Crippen molar-refractivity contribution in [3.05, 3.63) is 0 Å². The summed E-state index contributed by atoms with van der Waals surface area (Å²) in [5, 5.41) is 9.36. The second-order valence-electron chi connectivity index (χ2n) is 5.21. The van der Waals surface area contributed by atoms with Gasteiger partial charge in [-0.15, -0.1) is 0 Å². The first-order chi connectivity index (χ1) is 6.89. The van der Waals surface area contributed by atoms with Gasteiger partial charge in [-0.25, -0.2) is 0 Å². The van der Waals surface area contributed by atoms with E-state index in [-0.39, 0.29) is 0 Å². The normalized spacial score (nSPS) is 30.5. The van der Waals surface area contributed by atoms with E-state index >= 15 is 0 Å². The molecular weight excluding hydrogens is 190 g/mol. The quantitative estimate of drug-likeness (QED) is 0.782. The van der Waals surface area contributed by atoms with Gasteiger partial charge in [-0.3, -0.25) is 9.69 Å². The summed E-state index contributed by atoms with van der Waals surface area (Å²) in [4.78, 5) is 13.5. The van der Waals surface area contributed by atoms with Gasteiger partial charge in [-0.05, 0) is 45.6 Å². The molecule has 0 aromatic rings. The van der Waals surface area contributed by atoms with Crippen molar-refractivity contribution >= 4 is 5.97 Å². The van der Waals surface area contributed by atoms with E-state index in [4.69, 9.17) is 0 Å². The number of carbonyl (C=O) groups is 1. The Morgan fingerprint density at radius 2 is 1.93 bits per heavy atom. The lowest BCUT2D eigenvalue weighted by Crippen LogP contribution is -2.59. The molecule has 15 heavy (non-hydrogen) atoms. The first-order valence-electron chi connectivity index (χ1n) is 5.89. The van der Waals surface area contributed by atoms with E-state index in [2.05, 4.69) is 25.7 Å².